The third-order valence-corrected chi connectivity index (χ3v) is 3.07. The molecule has 18 heavy (non-hydrogen) atoms. The van der Waals surface area contributed by atoms with Crippen molar-refractivity contribution >= 4 is 5.97 Å². The van der Waals surface area contributed by atoms with Gasteiger partial charge in [-0.1, -0.05) is 50.5 Å². The molecule has 1 rings (SSSR count). The Morgan fingerprint density at radius 3 is 2.78 bits per heavy atom. The average molecular weight is 250 g/mol. The molecule has 3 heteroatoms. The fourth-order valence-corrected chi connectivity index (χ4v) is 1.96. The van der Waals surface area contributed by atoms with E-state index in [4.69, 9.17) is 4.74 Å². The maximum absolute atomic E-state index is 11.5. The van der Waals surface area contributed by atoms with Crippen LogP contribution in [0.4, 0.5) is 0 Å². The van der Waals surface area contributed by atoms with Crippen LogP contribution in [0.15, 0.2) is 35.5 Å². The van der Waals surface area contributed by atoms with E-state index < -0.39 is 6.10 Å². The number of hydrogen-bond acceptors (Lipinski definition) is 3. The molecule has 0 aliphatic heterocycles. The number of rotatable bonds is 6. The molecule has 0 bridgehead atoms. The van der Waals surface area contributed by atoms with Crippen molar-refractivity contribution in [3.8, 4) is 0 Å². The number of aliphatic hydroxyl groups excluding tert-OH is 1. The topological polar surface area (TPSA) is 46.5 Å². The lowest BCUT2D eigenvalue weighted by molar-refractivity contribution is -0.136. The lowest BCUT2D eigenvalue weighted by atomic mass is 9.97. The summed E-state index contributed by atoms with van der Waals surface area (Å²) in [6.45, 7) is 2.14. The fourth-order valence-electron chi connectivity index (χ4n) is 1.96. The molecule has 0 aromatic rings. The van der Waals surface area contributed by atoms with E-state index >= 15 is 0 Å². The first-order valence-electron chi connectivity index (χ1n) is 6.51. The Balaban J connectivity index is 2.61. The van der Waals surface area contributed by atoms with Crippen LogP contribution in [0, 0.1) is 0 Å². The molecule has 3 nitrogen and oxygen atoms in total. The van der Waals surface area contributed by atoms with Gasteiger partial charge in [-0.05, 0) is 12.0 Å². The predicted molar refractivity (Wildman–Crippen MR) is 72.1 cm³/mol. The average Bonchev–Trinajstić information content (AvgIpc) is 2.63. The molecule has 0 fully saturated rings. The smallest absolute Gasteiger partial charge is 0.334 e. The SMILES string of the molecule is CCCCC[C@H](O)C1=CC=CC=C(C(=O)OC)C1. The second kappa shape index (κ2) is 7.88. The zero-order valence-electron chi connectivity index (χ0n) is 11.2. The molecule has 100 valence electrons. The molecule has 0 saturated carbocycles. The molecule has 0 radical (unpaired) electrons. The highest BCUT2D eigenvalue weighted by molar-refractivity contribution is 5.89. The second-order valence-corrected chi connectivity index (χ2v) is 4.50. The van der Waals surface area contributed by atoms with Crippen molar-refractivity contribution in [3.05, 3.63) is 35.5 Å². The third kappa shape index (κ3) is 4.49. The Bertz CT molecular complexity index is 364. The molecule has 1 aliphatic carbocycles. The van der Waals surface area contributed by atoms with Crippen molar-refractivity contribution in [2.45, 2.75) is 45.1 Å². The third-order valence-electron chi connectivity index (χ3n) is 3.07. The lowest BCUT2D eigenvalue weighted by Crippen LogP contribution is -2.14. The highest BCUT2D eigenvalue weighted by atomic mass is 16.5. The van der Waals surface area contributed by atoms with E-state index in [1.165, 1.54) is 7.11 Å². The van der Waals surface area contributed by atoms with E-state index in [1.807, 2.05) is 12.2 Å². The highest BCUT2D eigenvalue weighted by Crippen LogP contribution is 2.22. The van der Waals surface area contributed by atoms with Crippen LogP contribution in [-0.2, 0) is 9.53 Å². The molecular formula is C15H22O3. The van der Waals surface area contributed by atoms with Gasteiger partial charge in [0.05, 0.1) is 13.2 Å². The summed E-state index contributed by atoms with van der Waals surface area (Å²) in [5, 5.41) is 10.1. The van der Waals surface area contributed by atoms with Crippen LogP contribution in [0.2, 0.25) is 0 Å². The molecule has 0 unspecified atom stereocenters. The first-order chi connectivity index (χ1) is 8.69. The van der Waals surface area contributed by atoms with Gasteiger partial charge < -0.3 is 9.84 Å². The van der Waals surface area contributed by atoms with E-state index in [9.17, 15) is 9.90 Å². The van der Waals surface area contributed by atoms with Gasteiger partial charge in [0, 0.05) is 12.0 Å². The van der Waals surface area contributed by atoms with Gasteiger partial charge in [0.2, 0.25) is 0 Å². The number of hydrogen-bond donors (Lipinski definition) is 1. The summed E-state index contributed by atoms with van der Waals surface area (Å²) >= 11 is 0. The normalized spacial score (nSPS) is 16.6. The number of carbonyl (C=O) groups excluding carboxylic acids is 1. The molecule has 0 aromatic heterocycles. The summed E-state index contributed by atoms with van der Waals surface area (Å²) in [4.78, 5) is 11.5. The van der Waals surface area contributed by atoms with Crippen LogP contribution in [0.25, 0.3) is 0 Å². The molecule has 1 aliphatic rings. The minimum Gasteiger partial charge on any atom is -0.466 e. The van der Waals surface area contributed by atoms with E-state index in [2.05, 4.69) is 6.92 Å². The van der Waals surface area contributed by atoms with E-state index in [0.717, 1.165) is 31.3 Å². The van der Waals surface area contributed by atoms with Gasteiger partial charge in [-0.3, -0.25) is 0 Å². The van der Waals surface area contributed by atoms with Crippen LogP contribution in [-0.4, -0.2) is 24.3 Å². The fraction of sp³-hybridized carbons (Fsp3) is 0.533. The Kier molecular flexibility index (Phi) is 6.44. The van der Waals surface area contributed by atoms with E-state index in [-0.39, 0.29) is 5.97 Å². The molecule has 1 N–H and O–H groups in total. The maximum Gasteiger partial charge on any atom is 0.334 e. The van der Waals surface area contributed by atoms with Gasteiger partial charge in [0.25, 0.3) is 0 Å². The Morgan fingerprint density at radius 1 is 1.39 bits per heavy atom. The molecule has 0 heterocycles. The van der Waals surface area contributed by atoms with Gasteiger partial charge in [-0.15, -0.1) is 0 Å². The van der Waals surface area contributed by atoms with Crippen LogP contribution < -0.4 is 0 Å². The molecule has 0 saturated heterocycles. The molecule has 0 aromatic carbocycles. The van der Waals surface area contributed by atoms with Crippen molar-refractivity contribution in [2.24, 2.45) is 0 Å². The van der Waals surface area contributed by atoms with Crippen molar-refractivity contribution in [2.75, 3.05) is 7.11 Å². The lowest BCUT2D eigenvalue weighted by Gasteiger charge is -2.15. The maximum atomic E-state index is 11.5. The van der Waals surface area contributed by atoms with Gasteiger partial charge in [0.15, 0.2) is 0 Å². The first kappa shape index (κ1) is 14.7. The number of esters is 1. The van der Waals surface area contributed by atoms with E-state index in [1.54, 1.807) is 12.2 Å². The van der Waals surface area contributed by atoms with Gasteiger partial charge >= 0.3 is 5.97 Å². The molecular weight excluding hydrogens is 228 g/mol. The summed E-state index contributed by atoms with van der Waals surface area (Å²) in [6, 6.07) is 0. The standard InChI is InChI=1S/C15H22O3/c1-3-4-5-10-14(16)12-8-6-7-9-13(11-12)15(17)18-2/h6-9,14,16H,3-5,10-11H2,1-2H3/t14-/m0/s1. The van der Waals surface area contributed by atoms with Gasteiger partial charge in [0.1, 0.15) is 0 Å². The van der Waals surface area contributed by atoms with Crippen molar-refractivity contribution in [1.82, 2.24) is 0 Å². The zero-order chi connectivity index (χ0) is 13.4. The summed E-state index contributed by atoms with van der Waals surface area (Å²) in [5.74, 6) is -0.326. The molecule has 0 spiro atoms. The van der Waals surface area contributed by atoms with Gasteiger partial charge in [-0.2, -0.15) is 0 Å². The quantitative estimate of drug-likeness (QED) is 0.582. The Hall–Kier alpha value is -1.35. The number of aliphatic hydroxyl groups is 1. The Labute approximate surface area is 109 Å². The van der Waals surface area contributed by atoms with Crippen LogP contribution in [0.5, 0.6) is 0 Å². The summed E-state index contributed by atoms with van der Waals surface area (Å²) in [7, 11) is 1.37. The van der Waals surface area contributed by atoms with Crippen molar-refractivity contribution in [3.63, 3.8) is 0 Å². The minimum absolute atomic E-state index is 0.326. The number of unbranched alkanes of at least 4 members (excludes halogenated alkanes) is 2. The minimum atomic E-state index is -0.465. The van der Waals surface area contributed by atoms with Crippen molar-refractivity contribution < 1.29 is 14.6 Å². The number of allylic oxidation sites excluding steroid dienone is 4. The highest BCUT2D eigenvalue weighted by Gasteiger charge is 2.17. The summed E-state index contributed by atoms with van der Waals surface area (Å²) < 4.78 is 4.72. The number of ether oxygens (including phenoxy) is 1. The van der Waals surface area contributed by atoms with Crippen LogP contribution >= 0.6 is 0 Å². The number of carbonyl (C=O) groups is 1. The summed E-state index contributed by atoms with van der Waals surface area (Å²) in [5.41, 5.74) is 1.48. The second-order valence-electron chi connectivity index (χ2n) is 4.50. The monoisotopic (exact) mass is 250 g/mol. The first-order valence-corrected chi connectivity index (χ1v) is 6.51. The predicted octanol–water partition coefficient (Wildman–Crippen LogP) is 2.91. The zero-order valence-corrected chi connectivity index (χ0v) is 11.2. The van der Waals surface area contributed by atoms with Crippen molar-refractivity contribution in [1.29, 1.82) is 0 Å². The van der Waals surface area contributed by atoms with Crippen LogP contribution in [0.3, 0.4) is 0 Å². The van der Waals surface area contributed by atoms with E-state index in [0.29, 0.717) is 12.0 Å². The molecule has 1 atom stereocenters. The Morgan fingerprint density at radius 2 is 2.11 bits per heavy atom. The largest absolute Gasteiger partial charge is 0.466 e. The number of methoxy groups -OCH3 is 1. The van der Waals surface area contributed by atoms with Crippen LogP contribution in [0.1, 0.15) is 39.0 Å². The summed E-state index contributed by atoms with van der Waals surface area (Å²) in [6.07, 6.45) is 11.3. The molecule has 0 amide bonds. The van der Waals surface area contributed by atoms with Gasteiger partial charge in [-0.25, -0.2) is 4.79 Å².